The summed E-state index contributed by atoms with van der Waals surface area (Å²) in [6.07, 6.45) is 5.51. The van der Waals surface area contributed by atoms with Gasteiger partial charge in [0, 0.05) is 25.4 Å². The Morgan fingerprint density at radius 2 is 1.86 bits per heavy atom. The zero-order valence-electron chi connectivity index (χ0n) is 15.4. The minimum atomic E-state index is 0.0663. The fraction of sp³-hybridized carbons (Fsp3) is 0.632. The Morgan fingerprint density at radius 3 is 2.41 bits per heavy atom. The van der Waals surface area contributed by atoms with Crippen LogP contribution in [0.2, 0.25) is 0 Å². The van der Waals surface area contributed by atoms with Crippen LogP contribution in [0.1, 0.15) is 53.9 Å². The van der Waals surface area contributed by atoms with Gasteiger partial charge in [-0.05, 0) is 44.9 Å². The highest BCUT2D eigenvalue weighted by Gasteiger charge is 2.28. The van der Waals surface area contributed by atoms with E-state index in [1.807, 2.05) is 14.0 Å². The standard InChI is InChI=1S/C19H32N2O/c1-9-14(3)15(4)11-10-13(2)12-18-16(5)19(22)21(8)17(6)20(18)7/h11,13-14H,6,9-10,12H2,1-5,7-8H3/b15-11+. The van der Waals surface area contributed by atoms with Crippen molar-refractivity contribution in [1.29, 1.82) is 0 Å². The molecule has 2 atom stereocenters. The van der Waals surface area contributed by atoms with E-state index in [0.717, 1.165) is 29.9 Å². The zero-order valence-corrected chi connectivity index (χ0v) is 15.4. The van der Waals surface area contributed by atoms with Crippen LogP contribution < -0.4 is 0 Å². The molecule has 124 valence electrons. The molecule has 0 aromatic carbocycles. The first-order chi connectivity index (χ1) is 10.2. The molecule has 1 rings (SSSR count). The number of nitrogens with zero attached hydrogens (tertiary/aromatic N) is 2. The van der Waals surface area contributed by atoms with Crippen LogP contribution in [-0.2, 0) is 4.79 Å². The molecule has 0 fully saturated rings. The van der Waals surface area contributed by atoms with Crippen LogP contribution in [0.15, 0.2) is 35.3 Å². The van der Waals surface area contributed by atoms with E-state index in [-0.39, 0.29) is 5.91 Å². The average molecular weight is 304 g/mol. The second kappa shape index (κ2) is 7.66. The van der Waals surface area contributed by atoms with Gasteiger partial charge in [-0.25, -0.2) is 0 Å². The summed E-state index contributed by atoms with van der Waals surface area (Å²) in [7, 11) is 3.78. The van der Waals surface area contributed by atoms with E-state index < -0.39 is 0 Å². The van der Waals surface area contributed by atoms with Crippen molar-refractivity contribution in [2.75, 3.05) is 14.1 Å². The van der Waals surface area contributed by atoms with Gasteiger partial charge in [-0.15, -0.1) is 0 Å². The van der Waals surface area contributed by atoms with Crippen molar-refractivity contribution in [2.45, 2.75) is 53.9 Å². The Kier molecular flexibility index (Phi) is 6.46. The van der Waals surface area contributed by atoms with Gasteiger partial charge in [0.25, 0.3) is 5.91 Å². The molecule has 3 nitrogen and oxygen atoms in total. The third-order valence-electron chi connectivity index (χ3n) is 5.01. The number of amides is 1. The zero-order chi connectivity index (χ0) is 17.0. The molecule has 0 spiro atoms. The third kappa shape index (κ3) is 4.02. The number of carbonyl (C=O) groups is 1. The number of rotatable bonds is 6. The van der Waals surface area contributed by atoms with E-state index >= 15 is 0 Å². The highest BCUT2D eigenvalue weighted by atomic mass is 16.2. The SMILES string of the molecule is C=C1N(C)C(=O)C(C)=C(CC(C)C/C=C(\C)C(C)CC)N1C. The molecule has 3 heteroatoms. The first-order valence-electron chi connectivity index (χ1n) is 8.27. The number of carbonyl (C=O) groups excluding carboxylic acids is 1. The number of allylic oxidation sites excluding steroid dienone is 3. The minimum Gasteiger partial charge on any atom is -0.335 e. The summed E-state index contributed by atoms with van der Waals surface area (Å²) < 4.78 is 0. The minimum absolute atomic E-state index is 0.0663. The van der Waals surface area contributed by atoms with E-state index in [1.54, 1.807) is 11.9 Å². The van der Waals surface area contributed by atoms with Gasteiger partial charge in [-0.1, -0.05) is 39.0 Å². The molecule has 0 bridgehead atoms. The Hall–Kier alpha value is -1.51. The lowest BCUT2D eigenvalue weighted by atomic mass is 9.93. The van der Waals surface area contributed by atoms with Crippen molar-refractivity contribution in [1.82, 2.24) is 9.80 Å². The summed E-state index contributed by atoms with van der Waals surface area (Å²) in [6, 6.07) is 0. The highest BCUT2D eigenvalue weighted by Crippen LogP contribution is 2.30. The lowest BCUT2D eigenvalue weighted by molar-refractivity contribution is -0.126. The second-order valence-corrected chi connectivity index (χ2v) is 6.71. The maximum atomic E-state index is 12.2. The maximum absolute atomic E-state index is 12.2. The predicted octanol–water partition coefficient (Wildman–Crippen LogP) is 4.54. The molecule has 1 amide bonds. The highest BCUT2D eigenvalue weighted by molar-refractivity contribution is 5.95. The summed E-state index contributed by atoms with van der Waals surface area (Å²) in [5.41, 5.74) is 3.42. The van der Waals surface area contributed by atoms with E-state index in [2.05, 4.69) is 45.2 Å². The summed E-state index contributed by atoms with van der Waals surface area (Å²) in [5, 5.41) is 0. The van der Waals surface area contributed by atoms with Gasteiger partial charge in [0.05, 0.1) is 0 Å². The van der Waals surface area contributed by atoms with Crippen molar-refractivity contribution < 1.29 is 4.79 Å². The summed E-state index contributed by atoms with van der Waals surface area (Å²) in [6.45, 7) is 14.9. The third-order valence-corrected chi connectivity index (χ3v) is 5.01. The molecule has 22 heavy (non-hydrogen) atoms. The Morgan fingerprint density at radius 1 is 1.27 bits per heavy atom. The van der Waals surface area contributed by atoms with E-state index in [0.29, 0.717) is 11.8 Å². The number of hydrogen-bond donors (Lipinski definition) is 0. The fourth-order valence-electron chi connectivity index (χ4n) is 2.74. The average Bonchev–Trinajstić information content (AvgIpc) is 2.51. The predicted molar refractivity (Wildman–Crippen MR) is 94.0 cm³/mol. The van der Waals surface area contributed by atoms with Crippen LogP contribution >= 0.6 is 0 Å². The van der Waals surface area contributed by atoms with Crippen LogP contribution in [0, 0.1) is 11.8 Å². The molecule has 0 saturated heterocycles. The van der Waals surface area contributed by atoms with Crippen molar-refractivity contribution >= 4 is 5.91 Å². The molecule has 0 aliphatic carbocycles. The van der Waals surface area contributed by atoms with Gasteiger partial charge >= 0.3 is 0 Å². The normalized spacial score (nSPS) is 19.9. The largest absolute Gasteiger partial charge is 0.335 e. The molecule has 0 radical (unpaired) electrons. The molecule has 1 aliphatic heterocycles. The lowest BCUT2D eigenvalue weighted by Gasteiger charge is -2.37. The van der Waals surface area contributed by atoms with Crippen LogP contribution in [0.3, 0.4) is 0 Å². The van der Waals surface area contributed by atoms with Crippen molar-refractivity contribution in [3.8, 4) is 0 Å². The number of likely N-dealkylation sites (N-methyl/N-ethyl adjacent to an activating group) is 1. The van der Waals surface area contributed by atoms with Crippen molar-refractivity contribution in [3.63, 3.8) is 0 Å². The van der Waals surface area contributed by atoms with Crippen LogP contribution in [0.25, 0.3) is 0 Å². The van der Waals surface area contributed by atoms with E-state index in [9.17, 15) is 4.79 Å². The molecule has 0 aromatic heterocycles. The van der Waals surface area contributed by atoms with Crippen molar-refractivity contribution in [3.05, 3.63) is 35.3 Å². The maximum Gasteiger partial charge on any atom is 0.256 e. The molecular weight excluding hydrogens is 272 g/mol. The topological polar surface area (TPSA) is 23.6 Å². The van der Waals surface area contributed by atoms with Crippen LogP contribution in [0.4, 0.5) is 0 Å². The number of hydrogen-bond acceptors (Lipinski definition) is 2. The molecular formula is C19H32N2O. The Balaban J connectivity index is 2.80. The van der Waals surface area contributed by atoms with Gasteiger partial charge in [-0.3, -0.25) is 9.69 Å². The molecule has 1 heterocycles. The lowest BCUT2D eigenvalue weighted by Crippen LogP contribution is -2.40. The van der Waals surface area contributed by atoms with Crippen molar-refractivity contribution in [2.24, 2.45) is 11.8 Å². The molecule has 0 aromatic rings. The first-order valence-corrected chi connectivity index (χ1v) is 8.27. The molecule has 2 unspecified atom stereocenters. The van der Waals surface area contributed by atoms with E-state index in [4.69, 9.17) is 0 Å². The Labute approximate surface area is 136 Å². The smallest absolute Gasteiger partial charge is 0.256 e. The van der Waals surface area contributed by atoms with E-state index in [1.165, 1.54) is 12.0 Å². The van der Waals surface area contributed by atoms with Crippen LogP contribution in [-0.4, -0.2) is 29.8 Å². The summed E-state index contributed by atoms with van der Waals surface area (Å²) in [4.78, 5) is 15.9. The quantitative estimate of drug-likeness (QED) is 0.672. The fourth-order valence-corrected chi connectivity index (χ4v) is 2.74. The molecule has 1 aliphatic rings. The molecule has 0 N–H and O–H groups in total. The van der Waals surface area contributed by atoms with Gasteiger partial charge in [-0.2, -0.15) is 0 Å². The van der Waals surface area contributed by atoms with Gasteiger partial charge < -0.3 is 4.90 Å². The summed E-state index contributed by atoms with van der Waals surface area (Å²) in [5.74, 6) is 1.98. The van der Waals surface area contributed by atoms with Gasteiger partial charge in [0.1, 0.15) is 5.82 Å². The van der Waals surface area contributed by atoms with Gasteiger partial charge in [0.15, 0.2) is 0 Å². The summed E-state index contributed by atoms with van der Waals surface area (Å²) >= 11 is 0. The Bertz CT molecular complexity index is 502. The van der Waals surface area contributed by atoms with Crippen LogP contribution in [0.5, 0.6) is 0 Å². The monoisotopic (exact) mass is 304 g/mol. The first kappa shape index (κ1) is 18.5. The molecule has 0 saturated carbocycles. The second-order valence-electron chi connectivity index (χ2n) is 6.71. The van der Waals surface area contributed by atoms with Gasteiger partial charge in [0.2, 0.25) is 0 Å².